The Labute approximate surface area is 167 Å². The first-order valence-corrected chi connectivity index (χ1v) is 11.2. The lowest BCUT2D eigenvalue weighted by atomic mass is 10.1. The summed E-state index contributed by atoms with van der Waals surface area (Å²) in [5.74, 6) is -0.981. The highest BCUT2D eigenvalue weighted by molar-refractivity contribution is 7.53. The molecule has 5 atom stereocenters. The quantitative estimate of drug-likeness (QED) is 0.563. The van der Waals surface area contributed by atoms with Crippen LogP contribution in [-0.2, 0) is 27.8 Å². The summed E-state index contributed by atoms with van der Waals surface area (Å²) in [6.45, 7) is 7.07. The van der Waals surface area contributed by atoms with Gasteiger partial charge in [0.1, 0.15) is 18.3 Å². The van der Waals surface area contributed by atoms with E-state index in [1.165, 1.54) is 16.8 Å². The predicted molar refractivity (Wildman–Crippen MR) is 101 cm³/mol. The van der Waals surface area contributed by atoms with Crippen LogP contribution in [0, 0.1) is 0 Å². The van der Waals surface area contributed by atoms with Crippen LogP contribution in [0.25, 0.3) is 0 Å². The molecule has 12 heteroatoms. The predicted octanol–water partition coefficient (Wildman–Crippen LogP) is 0.581. The summed E-state index contributed by atoms with van der Waals surface area (Å²) < 4.78 is 42.2. The van der Waals surface area contributed by atoms with Crippen molar-refractivity contribution in [3.63, 3.8) is 0 Å². The third-order valence-corrected chi connectivity index (χ3v) is 6.76. The number of ether oxygens (including phenoxy) is 3. The molecule has 2 N–H and O–H groups in total. The summed E-state index contributed by atoms with van der Waals surface area (Å²) in [5.41, 5.74) is -1.23. The fourth-order valence-corrected chi connectivity index (χ4v) is 5.38. The SMILES string of the molecule is CCOP(=O)(C[C@@H](O)[C@H]1O[C@@H](n2ccc(=O)[nH]c2=O)[C@@H]2OC(C)(C)O[C@@H]21)OCC. The molecule has 1 aromatic heterocycles. The van der Waals surface area contributed by atoms with Gasteiger partial charge in [-0.25, -0.2) is 4.79 Å². The molecule has 2 saturated heterocycles. The molecular formula is C17H27N2O9P. The van der Waals surface area contributed by atoms with Crippen molar-refractivity contribution in [1.29, 1.82) is 0 Å². The van der Waals surface area contributed by atoms with Crippen molar-refractivity contribution in [3.05, 3.63) is 33.1 Å². The first-order valence-electron chi connectivity index (χ1n) is 9.48. The molecule has 0 bridgehead atoms. The minimum absolute atomic E-state index is 0.156. The maximum absolute atomic E-state index is 12.8. The molecule has 3 heterocycles. The molecule has 3 rings (SSSR count). The number of nitrogens with one attached hydrogen (secondary N) is 1. The van der Waals surface area contributed by atoms with E-state index in [1.807, 2.05) is 0 Å². The summed E-state index contributed by atoms with van der Waals surface area (Å²) >= 11 is 0. The van der Waals surface area contributed by atoms with Gasteiger partial charge >= 0.3 is 13.3 Å². The molecule has 0 aromatic carbocycles. The average molecular weight is 434 g/mol. The van der Waals surface area contributed by atoms with E-state index in [0.717, 1.165) is 0 Å². The largest absolute Gasteiger partial charge is 0.390 e. The molecule has 0 aliphatic carbocycles. The van der Waals surface area contributed by atoms with E-state index in [1.54, 1.807) is 27.7 Å². The number of aliphatic hydroxyl groups excluding tert-OH is 1. The van der Waals surface area contributed by atoms with Crippen molar-refractivity contribution in [2.45, 2.75) is 64.1 Å². The van der Waals surface area contributed by atoms with Crippen LogP contribution in [0.2, 0.25) is 0 Å². The number of hydrogen-bond acceptors (Lipinski definition) is 9. The molecule has 0 radical (unpaired) electrons. The molecular weight excluding hydrogens is 407 g/mol. The third kappa shape index (κ3) is 4.72. The Hall–Kier alpha value is -1.33. The second kappa shape index (κ2) is 8.43. The normalized spacial score (nSPS) is 29.7. The van der Waals surface area contributed by atoms with Gasteiger partial charge in [-0.2, -0.15) is 0 Å². The number of nitrogens with zero attached hydrogens (tertiary/aromatic N) is 1. The molecule has 0 spiro atoms. The number of aliphatic hydroxyl groups is 1. The Morgan fingerprint density at radius 1 is 1.24 bits per heavy atom. The number of hydrogen-bond donors (Lipinski definition) is 2. The first-order chi connectivity index (χ1) is 13.6. The molecule has 164 valence electrons. The van der Waals surface area contributed by atoms with Crippen molar-refractivity contribution in [3.8, 4) is 0 Å². The molecule has 0 saturated carbocycles. The van der Waals surface area contributed by atoms with E-state index in [9.17, 15) is 19.3 Å². The Morgan fingerprint density at radius 3 is 2.45 bits per heavy atom. The van der Waals surface area contributed by atoms with E-state index in [-0.39, 0.29) is 19.4 Å². The van der Waals surface area contributed by atoms with Crippen LogP contribution in [0.15, 0.2) is 21.9 Å². The Balaban J connectivity index is 1.88. The van der Waals surface area contributed by atoms with Gasteiger partial charge in [-0.3, -0.25) is 18.9 Å². The van der Waals surface area contributed by atoms with E-state index in [4.69, 9.17) is 23.3 Å². The van der Waals surface area contributed by atoms with Gasteiger partial charge in [-0.1, -0.05) is 0 Å². The third-order valence-electron chi connectivity index (χ3n) is 4.63. The topological polar surface area (TPSA) is 138 Å². The van der Waals surface area contributed by atoms with Crippen LogP contribution in [0.5, 0.6) is 0 Å². The standard InChI is InChI=1S/C17H27N2O9P/c1-5-24-29(23,25-6-2)9-10(20)12-13-14(28-17(3,4)27-13)15(26-12)19-8-7-11(21)18-16(19)22/h7-8,10,12-15,20H,5-6,9H2,1-4H3,(H,18,21,22)/t10-,12-,13-,14-,15-/m1/s1. The molecule has 0 amide bonds. The lowest BCUT2D eigenvalue weighted by Gasteiger charge is -2.28. The van der Waals surface area contributed by atoms with Gasteiger partial charge in [-0.05, 0) is 27.7 Å². The van der Waals surface area contributed by atoms with Crippen LogP contribution in [0.4, 0.5) is 0 Å². The Morgan fingerprint density at radius 2 is 1.86 bits per heavy atom. The van der Waals surface area contributed by atoms with Crippen LogP contribution >= 0.6 is 7.60 Å². The zero-order valence-corrected chi connectivity index (χ0v) is 17.7. The van der Waals surface area contributed by atoms with E-state index in [2.05, 4.69) is 4.98 Å². The van der Waals surface area contributed by atoms with Crippen LogP contribution in [0.1, 0.15) is 33.9 Å². The van der Waals surface area contributed by atoms with Gasteiger partial charge < -0.3 is 28.4 Å². The maximum Gasteiger partial charge on any atom is 0.333 e. The molecule has 2 aliphatic rings. The second-order valence-corrected chi connectivity index (χ2v) is 9.37. The summed E-state index contributed by atoms with van der Waals surface area (Å²) in [6, 6.07) is 1.18. The van der Waals surface area contributed by atoms with E-state index >= 15 is 0 Å². The minimum atomic E-state index is -3.55. The lowest BCUT2D eigenvalue weighted by Crippen LogP contribution is -2.40. The maximum atomic E-state index is 12.8. The van der Waals surface area contributed by atoms with Gasteiger partial charge in [0, 0.05) is 12.3 Å². The number of H-pyrrole nitrogens is 1. The molecule has 2 fully saturated rings. The van der Waals surface area contributed by atoms with Crippen molar-refractivity contribution < 1.29 is 32.9 Å². The molecule has 2 aliphatic heterocycles. The highest BCUT2D eigenvalue weighted by Gasteiger charge is 2.58. The summed E-state index contributed by atoms with van der Waals surface area (Å²) in [6.07, 6.45) is -3.67. The van der Waals surface area contributed by atoms with Crippen molar-refractivity contribution in [2.75, 3.05) is 19.4 Å². The fourth-order valence-electron chi connectivity index (χ4n) is 3.64. The Bertz CT molecular complexity index is 872. The summed E-state index contributed by atoms with van der Waals surface area (Å²) in [5, 5.41) is 10.8. The molecule has 1 aromatic rings. The Kier molecular flexibility index (Phi) is 6.50. The number of aromatic nitrogens is 2. The highest BCUT2D eigenvalue weighted by atomic mass is 31.2. The first kappa shape index (κ1) is 22.4. The van der Waals surface area contributed by atoms with Gasteiger partial charge in [-0.15, -0.1) is 0 Å². The van der Waals surface area contributed by atoms with Crippen molar-refractivity contribution in [1.82, 2.24) is 9.55 Å². The smallest absolute Gasteiger partial charge is 0.333 e. The van der Waals surface area contributed by atoms with Gasteiger partial charge in [0.2, 0.25) is 0 Å². The van der Waals surface area contributed by atoms with E-state index in [0.29, 0.717) is 0 Å². The summed E-state index contributed by atoms with van der Waals surface area (Å²) in [7, 11) is -3.55. The molecule has 0 unspecified atom stereocenters. The van der Waals surface area contributed by atoms with E-state index < -0.39 is 55.3 Å². The summed E-state index contributed by atoms with van der Waals surface area (Å²) in [4.78, 5) is 25.8. The zero-order valence-electron chi connectivity index (χ0n) is 16.8. The van der Waals surface area contributed by atoms with Crippen LogP contribution in [0.3, 0.4) is 0 Å². The average Bonchev–Trinajstić information content (AvgIpc) is 3.08. The number of rotatable bonds is 8. The van der Waals surface area contributed by atoms with Gasteiger partial charge in [0.05, 0.1) is 25.5 Å². The number of fused-ring (bicyclic) bond motifs is 1. The highest BCUT2D eigenvalue weighted by Crippen LogP contribution is 2.51. The molecule has 29 heavy (non-hydrogen) atoms. The van der Waals surface area contributed by atoms with Crippen LogP contribution < -0.4 is 11.2 Å². The monoisotopic (exact) mass is 434 g/mol. The number of aromatic amines is 1. The zero-order chi connectivity index (χ0) is 21.4. The lowest BCUT2D eigenvalue weighted by molar-refractivity contribution is -0.206. The van der Waals surface area contributed by atoms with Gasteiger partial charge in [0.15, 0.2) is 12.0 Å². The van der Waals surface area contributed by atoms with Crippen LogP contribution in [-0.4, -0.2) is 64.2 Å². The fraction of sp³-hybridized carbons (Fsp3) is 0.765. The minimum Gasteiger partial charge on any atom is -0.390 e. The van der Waals surface area contributed by atoms with Gasteiger partial charge in [0.25, 0.3) is 5.56 Å². The van der Waals surface area contributed by atoms with Crippen molar-refractivity contribution in [2.24, 2.45) is 0 Å². The second-order valence-electron chi connectivity index (χ2n) is 7.27. The molecule has 11 nitrogen and oxygen atoms in total. The van der Waals surface area contributed by atoms with Crippen molar-refractivity contribution >= 4 is 7.60 Å².